The number of hydrogen-bond acceptors (Lipinski definition) is 6. The molecule has 0 saturated heterocycles. The summed E-state index contributed by atoms with van der Waals surface area (Å²) in [4.78, 5) is 20.8. The molecule has 0 aliphatic carbocycles. The summed E-state index contributed by atoms with van der Waals surface area (Å²) in [7, 11) is 0. The molecule has 0 spiro atoms. The van der Waals surface area contributed by atoms with Gasteiger partial charge in [0.15, 0.2) is 0 Å². The van der Waals surface area contributed by atoms with Crippen LogP contribution >= 0.6 is 46.4 Å². The molecule has 0 amide bonds. The Morgan fingerprint density at radius 2 is 1.07 bits per heavy atom. The van der Waals surface area contributed by atoms with Gasteiger partial charge >= 0.3 is 23.1 Å². The summed E-state index contributed by atoms with van der Waals surface area (Å²) in [5.41, 5.74) is 0. The Kier molecular flexibility index (Phi) is 12.8. The van der Waals surface area contributed by atoms with Gasteiger partial charge in [-0.3, -0.25) is 0 Å². The molecule has 2 aromatic carbocycles. The topological polar surface area (TPSA) is 98.7 Å². The molecule has 0 aliphatic rings. The van der Waals surface area contributed by atoms with Gasteiger partial charge in [-0.2, -0.15) is 0 Å². The van der Waals surface area contributed by atoms with Crippen molar-refractivity contribution in [2.24, 2.45) is 0 Å². The smallest absolute Gasteiger partial charge is 0.546 e. The molecule has 29 heavy (non-hydrogen) atoms. The number of carboxylic acids is 2. The maximum absolute atomic E-state index is 10.4. The van der Waals surface area contributed by atoms with Crippen molar-refractivity contribution in [2.45, 2.75) is 26.1 Å². The van der Waals surface area contributed by atoms with Gasteiger partial charge in [0.05, 0.1) is 22.0 Å². The summed E-state index contributed by atoms with van der Waals surface area (Å²) in [6.07, 6.45) is -2.10. The number of rotatable bonds is 6. The summed E-state index contributed by atoms with van der Waals surface area (Å²) < 4.78 is 10.0. The second-order valence-corrected chi connectivity index (χ2v) is 6.99. The third-order valence-electron chi connectivity index (χ3n) is 3.06. The molecule has 11 heteroatoms. The molecule has 2 atom stereocenters. The summed E-state index contributed by atoms with van der Waals surface area (Å²) in [5.74, 6) is -2.05. The maximum Gasteiger partial charge on any atom is 2.00 e. The molecule has 0 aliphatic heterocycles. The van der Waals surface area contributed by atoms with E-state index in [4.69, 9.17) is 55.9 Å². The molecule has 0 heterocycles. The van der Waals surface area contributed by atoms with Crippen LogP contribution < -0.4 is 19.7 Å². The van der Waals surface area contributed by atoms with E-state index in [1.54, 1.807) is 12.1 Å². The fraction of sp³-hybridized carbons (Fsp3) is 0.222. The van der Waals surface area contributed by atoms with E-state index in [9.17, 15) is 19.8 Å². The Labute approximate surface area is 203 Å². The van der Waals surface area contributed by atoms with Gasteiger partial charge in [0.1, 0.15) is 23.7 Å². The third kappa shape index (κ3) is 9.97. The van der Waals surface area contributed by atoms with Crippen LogP contribution in [0.5, 0.6) is 11.5 Å². The van der Waals surface area contributed by atoms with Crippen LogP contribution in [0.2, 0.25) is 20.1 Å². The average Bonchev–Trinajstić information content (AvgIpc) is 2.60. The Morgan fingerprint density at radius 1 is 0.759 bits per heavy atom. The molecule has 0 aromatic heterocycles. The maximum atomic E-state index is 10.4. The summed E-state index contributed by atoms with van der Waals surface area (Å²) in [6, 6.07) is 9.07. The van der Waals surface area contributed by atoms with Gasteiger partial charge in [0.2, 0.25) is 0 Å². The first kappa shape index (κ1) is 27.9. The number of benzene rings is 2. The van der Waals surface area contributed by atoms with Crippen LogP contribution in [-0.4, -0.2) is 47.2 Å². The van der Waals surface area contributed by atoms with Crippen LogP contribution in [0.1, 0.15) is 13.8 Å². The minimum absolute atomic E-state index is 0. The van der Waals surface area contributed by atoms with Crippen molar-refractivity contribution in [1.29, 1.82) is 0 Å². The van der Waals surface area contributed by atoms with Crippen LogP contribution in [0.3, 0.4) is 0 Å². The minimum Gasteiger partial charge on any atom is -0.546 e. The zero-order valence-electron chi connectivity index (χ0n) is 15.3. The van der Waals surface area contributed by atoms with Crippen molar-refractivity contribution in [2.75, 3.05) is 0 Å². The van der Waals surface area contributed by atoms with E-state index in [1.807, 2.05) is 0 Å². The summed E-state index contributed by atoms with van der Waals surface area (Å²) in [6.45, 7) is 2.72. The average molecular weight is 492 g/mol. The van der Waals surface area contributed by atoms with Crippen molar-refractivity contribution in [3.8, 4) is 11.5 Å². The molecule has 2 aromatic rings. The standard InChI is InChI=1S/2C9H8Cl2O3.Mg/c2*1-5(9(12)13)14-8-3-2-6(10)4-7(8)11;/h2*2-5H,1H3,(H,12,13);/q;;+2/p-2/t2*5-;/m11./s1. The SMILES string of the molecule is C[C@@H](Oc1ccc(Cl)cc1Cl)C(=O)[O-].C[C@@H](Oc1ccc(Cl)cc1Cl)C(=O)[O-].[Mg+2]. The van der Waals surface area contributed by atoms with Crippen molar-refractivity contribution in [3.05, 3.63) is 56.5 Å². The van der Waals surface area contributed by atoms with Crippen molar-refractivity contribution < 1.29 is 29.3 Å². The molecule has 0 unspecified atom stereocenters. The van der Waals surface area contributed by atoms with E-state index in [2.05, 4.69) is 0 Å². The van der Waals surface area contributed by atoms with Gasteiger partial charge in [0, 0.05) is 10.0 Å². The second kappa shape index (κ2) is 13.3. The molecule has 0 saturated carbocycles. The number of hydrogen-bond donors (Lipinski definition) is 0. The monoisotopic (exact) mass is 490 g/mol. The first-order valence-electron chi connectivity index (χ1n) is 7.66. The molecule has 6 nitrogen and oxygen atoms in total. The van der Waals surface area contributed by atoms with Crippen LogP contribution in [0.15, 0.2) is 36.4 Å². The number of ether oxygens (including phenoxy) is 2. The van der Waals surface area contributed by atoms with E-state index < -0.39 is 24.1 Å². The Hall–Kier alpha value is -1.09. The van der Waals surface area contributed by atoms with Crippen molar-refractivity contribution >= 4 is 81.4 Å². The fourth-order valence-corrected chi connectivity index (χ4v) is 2.52. The van der Waals surface area contributed by atoms with Crippen LogP contribution in [0.25, 0.3) is 0 Å². The Morgan fingerprint density at radius 3 is 1.31 bits per heavy atom. The third-order valence-corrected chi connectivity index (χ3v) is 4.12. The molecule has 0 bridgehead atoms. The number of carboxylic acid groups (broad SMARTS) is 2. The van der Waals surface area contributed by atoms with E-state index in [1.165, 1.54) is 38.1 Å². The Bertz CT molecular complexity index is 780. The molecule has 152 valence electrons. The number of halogens is 4. The first-order chi connectivity index (χ1) is 13.0. The molecule has 0 radical (unpaired) electrons. The number of aliphatic carboxylic acids is 2. The largest absolute Gasteiger partial charge is 2.00 e. The zero-order chi connectivity index (χ0) is 21.4. The van der Waals surface area contributed by atoms with Crippen LogP contribution in [-0.2, 0) is 9.59 Å². The predicted molar refractivity (Wildman–Crippen MR) is 109 cm³/mol. The molecular weight excluding hydrogens is 478 g/mol. The van der Waals surface area contributed by atoms with Gasteiger partial charge in [0.25, 0.3) is 0 Å². The fourth-order valence-electron chi connectivity index (χ4n) is 1.62. The zero-order valence-corrected chi connectivity index (χ0v) is 19.7. The van der Waals surface area contributed by atoms with Gasteiger partial charge in [-0.15, -0.1) is 0 Å². The molecule has 0 fully saturated rings. The predicted octanol–water partition coefficient (Wildman–Crippen LogP) is 2.64. The van der Waals surface area contributed by atoms with Gasteiger partial charge < -0.3 is 29.3 Å². The van der Waals surface area contributed by atoms with E-state index in [0.29, 0.717) is 10.0 Å². The number of carbonyl (C=O) groups excluding carboxylic acids is 2. The van der Waals surface area contributed by atoms with Crippen molar-refractivity contribution in [3.63, 3.8) is 0 Å². The van der Waals surface area contributed by atoms with E-state index in [0.717, 1.165) is 0 Å². The van der Waals surface area contributed by atoms with Gasteiger partial charge in [-0.25, -0.2) is 0 Å². The first-order valence-corrected chi connectivity index (χ1v) is 9.17. The van der Waals surface area contributed by atoms with Gasteiger partial charge in [-0.1, -0.05) is 46.4 Å². The van der Waals surface area contributed by atoms with Crippen LogP contribution in [0, 0.1) is 0 Å². The van der Waals surface area contributed by atoms with Gasteiger partial charge in [-0.05, 0) is 50.2 Å². The number of carbonyl (C=O) groups is 2. The molecular formula is C18H14Cl4MgO6. The summed E-state index contributed by atoms with van der Waals surface area (Å²) in [5, 5.41) is 22.2. The quantitative estimate of drug-likeness (QED) is 0.575. The van der Waals surface area contributed by atoms with E-state index in [-0.39, 0.29) is 44.6 Å². The second-order valence-electron chi connectivity index (χ2n) is 5.31. The van der Waals surface area contributed by atoms with Crippen LogP contribution in [0.4, 0.5) is 0 Å². The summed E-state index contributed by atoms with van der Waals surface area (Å²) >= 11 is 22.8. The molecule has 2 rings (SSSR count). The normalized spacial score (nSPS) is 11.8. The van der Waals surface area contributed by atoms with E-state index >= 15 is 0 Å². The Balaban J connectivity index is 0.000000523. The van der Waals surface area contributed by atoms with Crippen molar-refractivity contribution in [1.82, 2.24) is 0 Å². The molecule has 0 N–H and O–H groups in total. The minimum atomic E-state index is -1.30.